The maximum atomic E-state index is 12.9. The molecule has 4 heterocycles. The summed E-state index contributed by atoms with van der Waals surface area (Å²) in [5, 5.41) is 7.69. The molecule has 1 saturated heterocycles. The number of piperidine rings is 1. The number of nitrogens with one attached hydrogen (secondary N) is 3. The van der Waals surface area contributed by atoms with Gasteiger partial charge in [0.15, 0.2) is 0 Å². The molecule has 1 aromatic carbocycles. The fourth-order valence-electron chi connectivity index (χ4n) is 4.34. The lowest BCUT2D eigenvalue weighted by Gasteiger charge is -2.35. The maximum absolute atomic E-state index is 12.9. The van der Waals surface area contributed by atoms with E-state index in [2.05, 4.69) is 36.6 Å². The van der Waals surface area contributed by atoms with E-state index in [-0.39, 0.29) is 18.0 Å². The van der Waals surface area contributed by atoms with E-state index < -0.39 is 0 Å². The first-order valence-electron chi connectivity index (χ1n) is 9.96. The molecule has 0 radical (unpaired) electrons. The molecule has 2 aliphatic rings. The molecule has 2 aromatic heterocycles. The second kappa shape index (κ2) is 7.14. The standard InChI is InChI=1S/C21H24N6O/c28-21(18-8-7-14-4-1-2-6-17(14)26-18)25-15-5-3-11-27(12-15)20-16-9-10-22-19(16)23-13-24-20/h1-2,4,6,9-10,13,15,18,26H,3,5,7-8,11-12H2,(H,25,28)(H,22,23,24)/t15-,18-/m1/s1. The lowest BCUT2D eigenvalue weighted by atomic mass is 9.97. The molecule has 7 heteroatoms. The highest BCUT2D eigenvalue weighted by molar-refractivity contribution is 5.88. The van der Waals surface area contributed by atoms with Gasteiger partial charge in [-0.05, 0) is 43.4 Å². The normalized spacial score (nSPS) is 21.8. The summed E-state index contributed by atoms with van der Waals surface area (Å²) in [6.07, 6.45) is 7.27. The molecule has 0 aliphatic carbocycles. The second-order valence-electron chi connectivity index (χ2n) is 7.62. The van der Waals surface area contributed by atoms with Crippen molar-refractivity contribution >= 4 is 28.4 Å². The number of amides is 1. The van der Waals surface area contributed by atoms with Crippen molar-refractivity contribution in [1.82, 2.24) is 20.3 Å². The number of carbonyl (C=O) groups is 1. The largest absolute Gasteiger partial charge is 0.373 e. The molecule has 5 rings (SSSR count). The van der Waals surface area contributed by atoms with Gasteiger partial charge in [0.05, 0.1) is 5.39 Å². The van der Waals surface area contributed by atoms with Crippen molar-refractivity contribution < 1.29 is 4.79 Å². The molecular formula is C21H24N6O. The molecule has 0 unspecified atom stereocenters. The molecule has 0 saturated carbocycles. The molecular weight excluding hydrogens is 352 g/mol. The Hall–Kier alpha value is -3.09. The zero-order chi connectivity index (χ0) is 18.9. The zero-order valence-corrected chi connectivity index (χ0v) is 15.7. The van der Waals surface area contributed by atoms with E-state index >= 15 is 0 Å². The number of aryl methyl sites for hydroxylation is 1. The Balaban J connectivity index is 1.26. The Morgan fingerprint density at radius 2 is 2.11 bits per heavy atom. The van der Waals surface area contributed by atoms with Crippen LogP contribution in [-0.4, -0.2) is 46.0 Å². The monoisotopic (exact) mass is 376 g/mol. The van der Waals surface area contributed by atoms with Crippen molar-refractivity contribution in [1.29, 1.82) is 0 Å². The lowest BCUT2D eigenvalue weighted by molar-refractivity contribution is -0.122. The Labute approximate surface area is 163 Å². The van der Waals surface area contributed by atoms with E-state index in [0.29, 0.717) is 0 Å². The number of hydrogen-bond donors (Lipinski definition) is 3. The van der Waals surface area contributed by atoms with Crippen LogP contribution in [0.15, 0.2) is 42.9 Å². The number of anilines is 2. The van der Waals surface area contributed by atoms with Crippen molar-refractivity contribution in [3.05, 3.63) is 48.4 Å². The van der Waals surface area contributed by atoms with Crippen LogP contribution in [0.2, 0.25) is 0 Å². The van der Waals surface area contributed by atoms with Gasteiger partial charge in [-0.25, -0.2) is 9.97 Å². The van der Waals surface area contributed by atoms with Crippen LogP contribution >= 0.6 is 0 Å². The minimum Gasteiger partial charge on any atom is -0.373 e. The van der Waals surface area contributed by atoms with Gasteiger partial charge in [-0.2, -0.15) is 0 Å². The van der Waals surface area contributed by atoms with Crippen LogP contribution in [-0.2, 0) is 11.2 Å². The van der Waals surface area contributed by atoms with Gasteiger partial charge in [-0.1, -0.05) is 18.2 Å². The van der Waals surface area contributed by atoms with E-state index in [1.54, 1.807) is 6.33 Å². The van der Waals surface area contributed by atoms with E-state index in [1.807, 2.05) is 30.5 Å². The molecule has 144 valence electrons. The smallest absolute Gasteiger partial charge is 0.242 e. The molecule has 28 heavy (non-hydrogen) atoms. The minimum absolute atomic E-state index is 0.0934. The van der Waals surface area contributed by atoms with Gasteiger partial charge in [-0.3, -0.25) is 4.79 Å². The number of rotatable bonds is 3. The van der Waals surface area contributed by atoms with Crippen LogP contribution in [0, 0.1) is 0 Å². The predicted molar refractivity (Wildman–Crippen MR) is 109 cm³/mol. The number of aromatic nitrogens is 3. The topological polar surface area (TPSA) is 85.9 Å². The second-order valence-corrected chi connectivity index (χ2v) is 7.62. The Kier molecular flexibility index (Phi) is 4.35. The summed E-state index contributed by atoms with van der Waals surface area (Å²) < 4.78 is 0. The molecule has 0 spiro atoms. The molecule has 3 N–H and O–H groups in total. The van der Waals surface area contributed by atoms with Crippen LogP contribution in [0.5, 0.6) is 0 Å². The number of benzene rings is 1. The number of para-hydroxylation sites is 1. The molecule has 2 aliphatic heterocycles. The first-order chi connectivity index (χ1) is 13.8. The Bertz CT molecular complexity index is 999. The van der Waals surface area contributed by atoms with Crippen molar-refractivity contribution in [3.8, 4) is 0 Å². The summed E-state index contributed by atoms with van der Waals surface area (Å²) in [5.41, 5.74) is 3.21. The predicted octanol–water partition coefficient (Wildman–Crippen LogP) is 2.47. The average Bonchev–Trinajstić information content (AvgIpc) is 3.22. The average molecular weight is 376 g/mol. The van der Waals surface area contributed by atoms with Crippen molar-refractivity contribution in [2.45, 2.75) is 37.8 Å². The summed E-state index contributed by atoms with van der Waals surface area (Å²) >= 11 is 0. The quantitative estimate of drug-likeness (QED) is 0.654. The Morgan fingerprint density at radius 1 is 1.18 bits per heavy atom. The fourth-order valence-corrected chi connectivity index (χ4v) is 4.34. The summed E-state index contributed by atoms with van der Waals surface area (Å²) in [7, 11) is 0. The third-order valence-corrected chi connectivity index (χ3v) is 5.77. The Morgan fingerprint density at radius 3 is 3.07 bits per heavy atom. The third kappa shape index (κ3) is 3.17. The molecule has 7 nitrogen and oxygen atoms in total. The molecule has 1 fully saturated rings. The van der Waals surface area contributed by atoms with Crippen LogP contribution < -0.4 is 15.5 Å². The van der Waals surface area contributed by atoms with Gasteiger partial charge < -0.3 is 20.5 Å². The summed E-state index contributed by atoms with van der Waals surface area (Å²) in [6.45, 7) is 1.71. The van der Waals surface area contributed by atoms with Gasteiger partial charge in [0.2, 0.25) is 5.91 Å². The van der Waals surface area contributed by atoms with Crippen LogP contribution in [0.1, 0.15) is 24.8 Å². The summed E-state index contributed by atoms with van der Waals surface area (Å²) in [5.74, 6) is 1.03. The highest BCUT2D eigenvalue weighted by Crippen LogP contribution is 2.26. The zero-order valence-electron chi connectivity index (χ0n) is 15.7. The van der Waals surface area contributed by atoms with Crippen molar-refractivity contribution in [2.75, 3.05) is 23.3 Å². The van der Waals surface area contributed by atoms with Crippen LogP contribution in [0.4, 0.5) is 11.5 Å². The number of hydrogen-bond acceptors (Lipinski definition) is 5. The van der Waals surface area contributed by atoms with E-state index in [1.165, 1.54) is 5.56 Å². The summed E-state index contributed by atoms with van der Waals surface area (Å²) in [4.78, 5) is 27.0. The number of carbonyl (C=O) groups excluding carboxylic acids is 1. The highest BCUT2D eigenvalue weighted by Gasteiger charge is 2.28. The van der Waals surface area contributed by atoms with Gasteiger partial charge in [-0.15, -0.1) is 0 Å². The molecule has 0 bridgehead atoms. The van der Waals surface area contributed by atoms with Gasteiger partial charge in [0.1, 0.15) is 23.8 Å². The van der Waals surface area contributed by atoms with Crippen LogP contribution in [0.25, 0.3) is 11.0 Å². The van der Waals surface area contributed by atoms with Crippen LogP contribution in [0.3, 0.4) is 0 Å². The lowest BCUT2D eigenvalue weighted by Crippen LogP contribution is -2.52. The molecule has 2 atom stereocenters. The first kappa shape index (κ1) is 17.0. The van der Waals surface area contributed by atoms with Crippen molar-refractivity contribution in [2.24, 2.45) is 0 Å². The maximum Gasteiger partial charge on any atom is 0.242 e. The first-order valence-corrected chi connectivity index (χ1v) is 9.96. The number of nitrogens with zero attached hydrogens (tertiary/aromatic N) is 3. The van der Waals surface area contributed by atoms with Gasteiger partial charge in [0.25, 0.3) is 0 Å². The number of H-pyrrole nitrogens is 1. The van der Waals surface area contributed by atoms with E-state index in [0.717, 1.165) is 61.3 Å². The van der Waals surface area contributed by atoms with Gasteiger partial charge >= 0.3 is 0 Å². The highest BCUT2D eigenvalue weighted by atomic mass is 16.2. The fraction of sp³-hybridized carbons (Fsp3) is 0.381. The molecule has 1 amide bonds. The number of aromatic amines is 1. The van der Waals surface area contributed by atoms with Crippen molar-refractivity contribution in [3.63, 3.8) is 0 Å². The van der Waals surface area contributed by atoms with Gasteiger partial charge in [0, 0.05) is 31.0 Å². The number of fused-ring (bicyclic) bond motifs is 2. The SMILES string of the molecule is O=C(N[C@@H]1CCCN(c2ncnc3[nH]ccc23)C1)[C@H]1CCc2ccccc2N1. The molecule has 3 aromatic rings. The minimum atomic E-state index is -0.166. The summed E-state index contributed by atoms with van der Waals surface area (Å²) in [6, 6.07) is 10.2. The van der Waals surface area contributed by atoms with E-state index in [4.69, 9.17) is 0 Å². The third-order valence-electron chi connectivity index (χ3n) is 5.77. The van der Waals surface area contributed by atoms with E-state index in [9.17, 15) is 4.79 Å².